The van der Waals surface area contributed by atoms with Crippen LogP contribution in [-0.2, 0) is 4.79 Å². The first-order chi connectivity index (χ1) is 7.15. The average Bonchev–Trinajstić information content (AvgIpc) is 2.69. The van der Waals surface area contributed by atoms with Crippen LogP contribution in [0.3, 0.4) is 0 Å². The number of aromatic amines is 1. The van der Waals surface area contributed by atoms with Gasteiger partial charge in [-0.05, 0) is 31.8 Å². The molecule has 0 aliphatic carbocycles. The van der Waals surface area contributed by atoms with E-state index in [-0.39, 0.29) is 5.78 Å². The van der Waals surface area contributed by atoms with Crippen LogP contribution in [0.5, 0.6) is 0 Å². The molecule has 1 heterocycles. The van der Waals surface area contributed by atoms with E-state index in [1.165, 1.54) is 5.57 Å². The van der Waals surface area contributed by atoms with E-state index >= 15 is 0 Å². The second kappa shape index (κ2) is 5.49. The average molecular weight is 206 g/mol. The number of rotatable bonds is 5. The molecule has 0 saturated carbocycles. The van der Waals surface area contributed by atoms with Crippen LogP contribution in [0, 0.1) is 5.92 Å². The number of carbonyl (C=O) groups excluding carboxylic acids is 1. The molecule has 0 aliphatic heterocycles. The number of allylic oxidation sites excluding steroid dienone is 2. The third-order valence-corrected chi connectivity index (χ3v) is 2.60. The zero-order valence-corrected chi connectivity index (χ0v) is 9.58. The van der Waals surface area contributed by atoms with E-state index in [1.54, 1.807) is 6.92 Å². The van der Waals surface area contributed by atoms with Crippen molar-refractivity contribution in [1.82, 2.24) is 10.2 Å². The number of H-pyrrole nitrogens is 1. The van der Waals surface area contributed by atoms with Crippen molar-refractivity contribution < 1.29 is 4.79 Å². The smallest absolute Gasteiger partial charge is 0.129 e. The van der Waals surface area contributed by atoms with Gasteiger partial charge in [0, 0.05) is 18.2 Å². The second-order valence-electron chi connectivity index (χ2n) is 3.87. The zero-order valence-electron chi connectivity index (χ0n) is 9.58. The quantitative estimate of drug-likeness (QED) is 0.805. The lowest BCUT2D eigenvalue weighted by molar-refractivity contribution is -0.117. The summed E-state index contributed by atoms with van der Waals surface area (Å²) in [5.41, 5.74) is 2.37. The first-order valence-electron chi connectivity index (χ1n) is 5.30. The minimum absolute atomic E-state index is 0.254. The van der Waals surface area contributed by atoms with Gasteiger partial charge < -0.3 is 4.79 Å². The summed E-state index contributed by atoms with van der Waals surface area (Å²) in [7, 11) is 0. The van der Waals surface area contributed by atoms with Gasteiger partial charge in [-0.2, -0.15) is 5.10 Å². The van der Waals surface area contributed by atoms with Crippen molar-refractivity contribution in [1.29, 1.82) is 0 Å². The van der Waals surface area contributed by atoms with Gasteiger partial charge in [-0.25, -0.2) is 0 Å². The van der Waals surface area contributed by atoms with Crippen LogP contribution >= 0.6 is 0 Å². The van der Waals surface area contributed by atoms with Crippen LogP contribution in [0.25, 0.3) is 5.57 Å². The lowest BCUT2D eigenvalue weighted by Gasteiger charge is -2.13. The predicted molar refractivity (Wildman–Crippen MR) is 61.3 cm³/mol. The van der Waals surface area contributed by atoms with Gasteiger partial charge in [0.15, 0.2) is 0 Å². The maximum atomic E-state index is 10.9. The molecule has 3 heteroatoms. The van der Waals surface area contributed by atoms with Gasteiger partial charge in [0.2, 0.25) is 0 Å². The van der Waals surface area contributed by atoms with E-state index in [1.807, 2.05) is 19.3 Å². The van der Waals surface area contributed by atoms with Crippen molar-refractivity contribution in [3.8, 4) is 0 Å². The van der Waals surface area contributed by atoms with Crippen LogP contribution < -0.4 is 0 Å². The minimum atomic E-state index is 0.254. The third kappa shape index (κ3) is 3.35. The van der Waals surface area contributed by atoms with Crippen LogP contribution in [0.2, 0.25) is 0 Å². The van der Waals surface area contributed by atoms with Crippen LogP contribution in [0.4, 0.5) is 0 Å². The summed E-state index contributed by atoms with van der Waals surface area (Å²) in [5.74, 6) is 0.654. The van der Waals surface area contributed by atoms with E-state index in [9.17, 15) is 4.79 Å². The number of ketones is 1. The minimum Gasteiger partial charge on any atom is -0.300 e. The van der Waals surface area contributed by atoms with Crippen LogP contribution in [0.1, 0.15) is 39.2 Å². The molecular weight excluding hydrogens is 188 g/mol. The van der Waals surface area contributed by atoms with E-state index < -0.39 is 0 Å². The second-order valence-corrected chi connectivity index (χ2v) is 3.87. The van der Waals surface area contributed by atoms with E-state index in [2.05, 4.69) is 23.2 Å². The number of carbonyl (C=O) groups is 1. The fraction of sp³-hybridized carbons (Fsp3) is 0.500. The van der Waals surface area contributed by atoms with E-state index in [0.717, 1.165) is 12.0 Å². The molecule has 1 N–H and O–H groups in total. The SMILES string of the molecule is C/C=C(/c1cn[nH]c1)C(C)CCC(C)=O. The Morgan fingerprint density at radius 2 is 2.40 bits per heavy atom. The topological polar surface area (TPSA) is 45.8 Å². The number of Topliss-reactive ketones (excluding diaryl/α,β-unsaturated/α-hetero) is 1. The van der Waals surface area contributed by atoms with Crippen LogP contribution in [-0.4, -0.2) is 16.0 Å². The summed E-state index contributed by atoms with van der Waals surface area (Å²) >= 11 is 0. The lowest BCUT2D eigenvalue weighted by Crippen LogP contribution is -2.01. The molecule has 82 valence electrons. The number of aromatic nitrogens is 2. The first-order valence-corrected chi connectivity index (χ1v) is 5.30. The van der Waals surface area contributed by atoms with E-state index in [4.69, 9.17) is 0 Å². The van der Waals surface area contributed by atoms with Gasteiger partial charge in [-0.3, -0.25) is 5.10 Å². The Bertz CT molecular complexity index is 339. The summed E-state index contributed by atoms with van der Waals surface area (Å²) in [5, 5.41) is 6.74. The molecule has 1 aromatic rings. The molecule has 0 saturated heterocycles. The van der Waals surface area contributed by atoms with Crippen molar-refractivity contribution in [3.63, 3.8) is 0 Å². The molecule has 1 aromatic heterocycles. The Hall–Kier alpha value is -1.38. The van der Waals surface area contributed by atoms with Crippen molar-refractivity contribution in [3.05, 3.63) is 24.0 Å². The Labute approximate surface area is 90.6 Å². The molecule has 0 aromatic carbocycles. The Kier molecular flexibility index (Phi) is 4.28. The van der Waals surface area contributed by atoms with Crippen LogP contribution in [0.15, 0.2) is 18.5 Å². The molecule has 15 heavy (non-hydrogen) atoms. The Morgan fingerprint density at radius 1 is 1.67 bits per heavy atom. The largest absolute Gasteiger partial charge is 0.300 e. The lowest BCUT2D eigenvalue weighted by atomic mass is 9.91. The molecule has 1 rings (SSSR count). The summed E-state index contributed by atoms with van der Waals surface area (Å²) in [4.78, 5) is 10.9. The Morgan fingerprint density at radius 3 is 2.87 bits per heavy atom. The van der Waals surface area contributed by atoms with Gasteiger partial charge >= 0.3 is 0 Å². The first kappa shape index (κ1) is 11.7. The molecule has 0 spiro atoms. The predicted octanol–water partition coefficient (Wildman–Crippen LogP) is 2.82. The van der Waals surface area contributed by atoms with Crippen molar-refractivity contribution >= 4 is 11.4 Å². The Balaban J connectivity index is 2.64. The highest BCUT2D eigenvalue weighted by Crippen LogP contribution is 2.25. The molecule has 3 nitrogen and oxygen atoms in total. The number of hydrogen-bond acceptors (Lipinski definition) is 2. The molecule has 0 fully saturated rings. The van der Waals surface area contributed by atoms with Gasteiger partial charge in [-0.1, -0.05) is 13.0 Å². The van der Waals surface area contributed by atoms with Crippen molar-refractivity contribution in [2.24, 2.45) is 5.92 Å². The molecule has 1 atom stereocenters. The molecule has 0 amide bonds. The maximum absolute atomic E-state index is 10.9. The fourth-order valence-electron chi connectivity index (χ4n) is 1.72. The highest BCUT2D eigenvalue weighted by atomic mass is 16.1. The van der Waals surface area contributed by atoms with Gasteiger partial charge in [0.1, 0.15) is 5.78 Å². The summed E-state index contributed by atoms with van der Waals surface area (Å²) < 4.78 is 0. The van der Waals surface area contributed by atoms with Gasteiger partial charge in [-0.15, -0.1) is 0 Å². The third-order valence-electron chi connectivity index (χ3n) is 2.60. The summed E-state index contributed by atoms with van der Waals surface area (Å²) in [6.07, 6.45) is 7.35. The number of nitrogens with one attached hydrogen (secondary N) is 1. The number of hydrogen-bond donors (Lipinski definition) is 1. The standard InChI is InChI=1S/C12H18N2O/c1-4-12(11-7-13-14-8-11)9(2)5-6-10(3)15/h4,7-9H,5-6H2,1-3H3,(H,13,14)/b12-4+. The zero-order chi connectivity index (χ0) is 11.3. The van der Waals surface area contributed by atoms with Crippen molar-refractivity contribution in [2.45, 2.75) is 33.6 Å². The van der Waals surface area contributed by atoms with Crippen molar-refractivity contribution in [2.75, 3.05) is 0 Å². The fourth-order valence-corrected chi connectivity index (χ4v) is 1.72. The molecule has 1 unspecified atom stereocenters. The molecule has 0 radical (unpaired) electrons. The highest BCUT2D eigenvalue weighted by molar-refractivity contribution is 5.76. The molecule has 0 aliphatic rings. The maximum Gasteiger partial charge on any atom is 0.129 e. The number of nitrogens with zero attached hydrogens (tertiary/aromatic N) is 1. The van der Waals surface area contributed by atoms with Gasteiger partial charge in [0.25, 0.3) is 0 Å². The normalized spacial score (nSPS) is 13.9. The molecular formula is C12H18N2O. The summed E-state index contributed by atoms with van der Waals surface area (Å²) in [6, 6.07) is 0. The molecule has 0 bridgehead atoms. The summed E-state index contributed by atoms with van der Waals surface area (Å²) in [6.45, 7) is 5.80. The monoisotopic (exact) mass is 206 g/mol. The van der Waals surface area contributed by atoms with E-state index in [0.29, 0.717) is 12.3 Å². The van der Waals surface area contributed by atoms with Gasteiger partial charge in [0.05, 0.1) is 6.20 Å². The highest BCUT2D eigenvalue weighted by Gasteiger charge is 2.11.